The molecule has 0 saturated heterocycles. The van der Waals surface area contributed by atoms with E-state index in [9.17, 15) is 4.79 Å². The third-order valence-electron chi connectivity index (χ3n) is 3.54. The molecular weight excluding hydrogens is 330 g/mol. The van der Waals surface area contributed by atoms with E-state index in [1.54, 1.807) is 37.0 Å². The number of nitrogens with one attached hydrogen (secondary N) is 1. The van der Waals surface area contributed by atoms with Crippen LogP contribution in [0, 0.1) is 0 Å². The Balaban J connectivity index is 2.32. The standard InChI is InChI=1S/C15H21N5O3S/c1-5-11(20-14(16)18-19-15(20)24-4)13(21)17-10-8-9(22-2)6-7-12(10)23-3/h6-8,11H,5H2,1-4H3,(H2,16,18)(H,17,21). The van der Waals surface area contributed by atoms with Crippen molar-refractivity contribution in [3.8, 4) is 11.5 Å². The Kier molecular flexibility index (Phi) is 5.91. The first kappa shape index (κ1) is 17.9. The maximum atomic E-state index is 12.8. The van der Waals surface area contributed by atoms with Gasteiger partial charge < -0.3 is 20.5 Å². The Morgan fingerprint density at radius 1 is 1.38 bits per heavy atom. The zero-order valence-electron chi connectivity index (χ0n) is 14.1. The van der Waals surface area contributed by atoms with E-state index in [1.165, 1.54) is 11.8 Å². The van der Waals surface area contributed by atoms with E-state index in [0.717, 1.165) is 0 Å². The average molecular weight is 351 g/mol. The third-order valence-corrected chi connectivity index (χ3v) is 4.18. The lowest BCUT2D eigenvalue weighted by molar-refractivity contribution is -0.119. The van der Waals surface area contributed by atoms with E-state index in [0.29, 0.717) is 28.8 Å². The van der Waals surface area contributed by atoms with Gasteiger partial charge in [0.1, 0.15) is 17.5 Å². The van der Waals surface area contributed by atoms with Crippen molar-refractivity contribution >= 4 is 29.3 Å². The molecular formula is C15H21N5O3S. The number of hydrogen-bond acceptors (Lipinski definition) is 7. The van der Waals surface area contributed by atoms with Gasteiger partial charge in [0.15, 0.2) is 5.16 Å². The highest BCUT2D eigenvalue weighted by Crippen LogP contribution is 2.31. The molecule has 1 heterocycles. The molecule has 3 N–H and O–H groups in total. The Morgan fingerprint density at radius 3 is 2.71 bits per heavy atom. The second kappa shape index (κ2) is 7.91. The minimum absolute atomic E-state index is 0.207. The minimum atomic E-state index is -0.529. The number of rotatable bonds is 7. The number of nitrogens with two attached hydrogens (primary N) is 1. The monoisotopic (exact) mass is 351 g/mol. The molecule has 0 aliphatic carbocycles. The number of nitrogens with zero attached hydrogens (tertiary/aromatic N) is 3. The Hall–Kier alpha value is -2.42. The Bertz CT molecular complexity index is 719. The fourth-order valence-corrected chi connectivity index (χ4v) is 2.87. The van der Waals surface area contributed by atoms with Gasteiger partial charge in [-0.05, 0) is 24.8 Å². The summed E-state index contributed by atoms with van der Waals surface area (Å²) in [4.78, 5) is 12.8. The van der Waals surface area contributed by atoms with Crippen molar-refractivity contribution in [2.45, 2.75) is 24.5 Å². The van der Waals surface area contributed by atoms with E-state index in [1.807, 2.05) is 13.2 Å². The smallest absolute Gasteiger partial charge is 0.247 e. The van der Waals surface area contributed by atoms with E-state index in [2.05, 4.69) is 15.5 Å². The van der Waals surface area contributed by atoms with Crippen molar-refractivity contribution in [1.82, 2.24) is 14.8 Å². The van der Waals surface area contributed by atoms with Crippen LogP contribution >= 0.6 is 11.8 Å². The summed E-state index contributed by atoms with van der Waals surface area (Å²) in [5, 5.41) is 11.3. The number of ether oxygens (including phenoxy) is 2. The van der Waals surface area contributed by atoms with Gasteiger partial charge in [-0.15, -0.1) is 10.2 Å². The normalized spacial score (nSPS) is 11.8. The number of anilines is 2. The van der Waals surface area contributed by atoms with Crippen LogP contribution in [0.1, 0.15) is 19.4 Å². The first-order valence-corrected chi connectivity index (χ1v) is 8.55. The summed E-state index contributed by atoms with van der Waals surface area (Å²) in [5.41, 5.74) is 6.40. The van der Waals surface area contributed by atoms with Crippen LogP contribution in [0.25, 0.3) is 0 Å². The number of carbonyl (C=O) groups is 1. The summed E-state index contributed by atoms with van der Waals surface area (Å²) in [6.07, 6.45) is 2.39. The van der Waals surface area contributed by atoms with Gasteiger partial charge in [-0.25, -0.2) is 0 Å². The molecule has 1 amide bonds. The van der Waals surface area contributed by atoms with E-state index < -0.39 is 6.04 Å². The molecule has 24 heavy (non-hydrogen) atoms. The number of nitrogen functional groups attached to an aromatic ring is 1. The quantitative estimate of drug-likeness (QED) is 0.737. The first-order valence-electron chi connectivity index (χ1n) is 7.32. The number of amides is 1. The van der Waals surface area contributed by atoms with E-state index >= 15 is 0 Å². The van der Waals surface area contributed by atoms with Crippen molar-refractivity contribution in [1.29, 1.82) is 0 Å². The van der Waals surface area contributed by atoms with Gasteiger partial charge >= 0.3 is 0 Å². The first-order chi connectivity index (χ1) is 11.5. The molecule has 0 bridgehead atoms. The fraction of sp³-hybridized carbons (Fsp3) is 0.400. The van der Waals surface area contributed by atoms with Crippen LogP contribution in [-0.2, 0) is 4.79 Å². The summed E-state index contributed by atoms with van der Waals surface area (Å²) in [5.74, 6) is 1.14. The van der Waals surface area contributed by atoms with Crippen molar-refractivity contribution in [2.24, 2.45) is 0 Å². The van der Waals surface area contributed by atoms with Crippen LogP contribution in [0.15, 0.2) is 23.4 Å². The highest BCUT2D eigenvalue weighted by molar-refractivity contribution is 7.98. The van der Waals surface area contributed by atoms with E-state index in [-0.39, 0.29) is 11.9 Å². The molecule has 1 atom stereocenters. The number of carbonyl (C=O) groups excluding carboxylic acids is 1. The second-order valence-electron chi connectivity index (χ2n) is 4.89. The molecule has 0 saturated carbocycles. The highest BCUT2D eigenvalue weighted by atomic mass is 32.2. The Labute approximate surface area is 144 Å². The molecule has 0 spiro atoms. The molecule has 0 fully saturated rings. The van der Waals surface area contributed by atoms with Gasteiger partial charge in [-0.2, -0.15) is 0 Å². The minimum Gasteiger partial charge on any atom is -0.497 e. The summed E-state index contributed by atoms with van der Waals surface area (Å²) >= 11 is 1.38. The average Bonchev–Trinajstić information content (AvgIpc) is 2.96. The van der Waals surface area contributed by atoms with E-state index in [4.69, 9.17) is 15.2 Å². The molecule has 8 nitrogen and oxygen atoms in total. The SMILES string of the molecule is CCC(C(=O)Nc1cc(OC)ccc1OC)n1c(N)nnc1SC. The zero-order valence-corrected chi connectivity index (χ0v) is 14.9. The summed E-state index contributed by atoms with van der Waals surface area (Å²) in [6.45, 7) is 1.90. The van der Waals surface area contributed by atoms with Crippen molar-refractivity contribution in [3.05, 3.63) is 18.2 Å². The van der Waals surface area contributed by atoms with Crippen LogP contribution < -0.4 is 20.5 Å². The summed E-state index contributed by atoms with van der Waals surface area (Å²) in [6, 6.07) is 4.66. The van der Waals surface area contributed by atoms with Crippen LogP contribution in [0.3, 0.4) is 0 Å². The molecule has 0 aliphatic heterocycles. The number of benzene rings is 1. The van der Waals surface area contributed by atoms with Gasteiger partial charge in [-0.3, -0.25) is 9.36 Å². The molecule has 1 unspecified atom stereocenters. The topological polar surface area (TPSA) is 104 Å². The van der Waals surface area contributed by atoms with Crippen LogP contribution in [0.2, 0.25) is 0 Å². The third kappa shape index (κ3) is 3.56. The number of thioether (sulfide) groups is 1. The molecule has 130 valence electrons. The lowest BCUT2D eigenvalue weighted by Gasteiger charge is -2.19. The fourth-order valence-electron chi connectivity index (χ4n) is 2.33. The molecule has 2 rings (SSSR count). The van der Waals surface area contributed by atoms with Gasteiger partial charge in [0.25, 0.3) is 0 Å². The second-order valence-corrected chi connectivity index (χ2v) is 5.67. The number of methoxy groups -OCH3 is 2. The molecule has 1 aromatic heterocycles. The highest BCUT2D eigenvalue weighted by Gasteiger charge is 2.25. The molecule has 9 heteroatoms. The number of hydrogen-bond donors (Lipinski definition) is 2. The van der Waals surface area contributed by atoms with Crippen molar-refractivity contribution < 1.29 is 14.3 Å². The lowest BCUT2D eigenvalue weighted by atomic mass is 10.2. The maximum Gasteiger partial charge on any atom is 0.247 e. The van der Waals surface area contributed by atoms with Crippen LogP contribution in [0.4, 0.5) is 11.6 Å². The lowest BCUT2D eigenvalue weighted by Crippen LogP contribution is -2.27. The van der Waals surface area contributed by atoms with Crippen molar-refractivity contribution in [3.63, 3.8) is 0 Å². The van der Waals surface area contributed by atoms with Gasteiger partial charge in [-0.1, -0.05) is 18.7 Å². The number of aromatic nitrogens is 3. The van der Waals surface area contributed by atoms with Gasteiger partial charge in [0.2, 0.25) is 11.9 Å². The molecule has 0 aliphatic rings. The zero-order chi connectivity index (χ0) is 17.7. The largest absolute Gasteiger partial charge is 0.497 e. The molecule has 2 aromatic rings. The predicted octanol–water partition coefficient (Wildman–Crippen LogP) is 2.19. The van der Waals surface area contributed by atoms with Crippen molar-refractivity contribution in [2.75, 3.05) is 31.5 Å². The summed E-state index contributed by atoms with van der Waals surface area (Å²) < 4.78 is 12.1. The molecule has 1 aromatic carbocycles. The maximum absolute atomic E-state index is 12.8. The predicted molar refractivity (Wildman–Crippen MR) is 93.7 cm³/mol. The molecule has 0 radical (unpaired) electrons. The van der Waals surface area contributed by atoms with Crippen LogP contribution in [0.5, 0.6) is 11.5 Å². The van der Waals surface area contributed by atoms with Gasteiger partial charge in [0, 0.05) is 6.07 Å². The Morgan fingerprint density at radius 2 is 2.12 bits per heavy atom. The van der Waals surface area contributed by atoms with Gasteiger partial charge in [0.05, 0.1) is 19.9 Å². The summed E-state index contributed by atoms with van der Waals surface area (Å²) in [7, 11) is 3.10. The van der Waals surface area contributed by atoms with Crippen LogP contribution in [-0.4, -0.2) is 41.1 Å².